The molecule has 1 aliphatic carbocycles. The number of carboxylic acids is 1. The van der Waals surface area contributed by atoms with Crippen molar-refractivity contribution in [2.75, 3.05) is 0 Å². The minimum absolute atomic E-state index is 0.635. The smallest absolute Gasteiger partial charge is 0.381 e. The van der Waals surface area contributed by atoms with E-state index < -0.39 is 5.97 Å². The fraction of sp³-hybridized carbons (Fsp3) is 0.727. The summed E-state index contributed by atoms with van der Waals surface area (Å²) >= 11 is 0. The third kappa shape index (κ3) is 3.98. The van der Waals surface area contributed by atoms with Gasteiger partial charge in [-0.25, -0.2) is 4.79 Å². The minimum Gasteiger partial charge on any atom is -0.472 e. The van der Waals surface area contributed by atoms with Gasteiger partial charge < -0.3 is 5.11 Å². The number of carbonyl (C=O) groups is 1. The van der Waals surface area contributed by atoms with Crippen LogP contribution in [0.2, 0.25) is 0 Å². The van der Waals surface area contributed by atoms with Crippen molar-refractivity contribution >= 4 is 5.97 Å². The lowest BCUT2D eigenvalue weighted by Crippen LogP contribution is -2.12. The Morgan fingerprint density at radius 3 is 2.92 bits per heavy atom. The molecule has 0 saturated heterocycles. The van der Waals surface area contributed by atoms with Gasteiger partial charge in [-0.15, -0.1) is 0 Å². The second-order valence-electron chi connectivity index (χ2n) is 3.95. The molecule has 2 atom stereocenters. The number of hydrogen-bond donors (Lipinski definition) is 1. The van der Waals surface area contributed by atoms with E-state index >= 15 is 0 Å². The van der Waals surface area contributed by atoms with Crippen molar-refractivity contribution in [3.63, 3.8) is 0 Å². The van der Waals surface area contributed by atoms with Crippen LogP contribution in [0.4, 0.5) is 0 Å². The van der Waals surface area contributed by atoms with Crippen molar-refractivity contribution in [3.8, 4) is 11.8 Å². The second kappa shape index (κ2) is 4.91. The third-order valence-corrected chi connectivity index (χ3v) is 2.63. The SMILES string of the molecule is CC1CCCC(CC#CC(=O)O)C1. The minimum atomic E-state index is -1.01. The third-order valence-electron chi connectivity index (χ3n) is 2.63. The van der Waals surface area contributed by atoms with Gasteiger partial charge in [-0.2, -0.15) is 0 Å². The van der Waals surface area contributed by atoms with E-state index in [0.717, 1.165) is 12.3 Å². The first-order valence-corrected chi connectivity index (χ1v) is 4.90. The Morgan fingerprint density at radius 1 is 1.54 bits per heavy atom. The molecule has 0 aromatic rings. The highest BCUT2D eigenvalue weighted by Gasteiger charge is 2.17. The molecule has 0 radical (unpaired) electrons. The highest BCUT2D eigenvalue weighted by Crippen LogP contribution is 2.30. The number of hydrogen-bond acceptors (Lipinski definition) is 1. The van der Waals surface area contributed by atoms with Crippen LogP contribution in [-0.4, -0.2) is 11.1 Å². The zero-order valence-electron chi connectivity index (χ0n) is 8.05. The zero-order chi connectivity index (χ0) is 9.68. The molecule has 0 spiro atoms. The van der Waals surface area contributed by atoms with Crippen LogP contribution in [0.15, 0.2) is 0 Å². The van der Waals surface area contributed by atoms with E-state index in [4.69, 9.17) is 5.11 Å². The molecular weight excluding hydrogens is 164 g/mol. The van der Waals surface area contributed by atoms with E-state index in [9.17, 15) is 4.79 Å². The molecule has 1 rings (SSSR count). The van der Waals surface area contributed by atoms with Crippen LogP contribution < -0.4 is 0 Å². The van der Waals surface area contributed by atoms with E-state index in [2.05, 4.69) is 18.8 Å². The molecule has 0 aromatic heterocycles. The van der Waals surface area contributed by atoms with Crippen molar-refractivity contribution in [3.05, 3.63) is 0 Å². The molecular formula is C11H16O2. The van der Waals surface area contributed by atoms with Crippen LogP contribution in [0.25, 0.3) is 0 Å². The van der Waals surface area contributed by atoms with Gasteiger partial charge in [-0.1, -0.05) is 25.7 Å². The maximum absolute atomic E-state index is 10.1. The van der Waals surface area contributed by atoms with Crippen molar-refractivity contribution in [1.29, 1.82) is 0 Å². The summed E-state index contributed by atoms with van der Waals surface area (Å²) in [5.74, 6) is 5.32. The summed E-state index contributed by atoms with van der Waals surface area (Å²) in [6.45, 7) is 2.26. The van der Waals surface area contributed by atoms with Crippen LogP contribution >= 0.6 is 0 Å². The van der Waals surface area contributed by atoms with Crippen LogP contribution in [0.5, 0.6) is 0 Å². The van der Waals surface area contributed by atoms with Crippen LogP contribution in [0.3, 0.4) is 0 Å². The summed E-state index contributed by atoms with van der Waals surface area (Å²) < 4.78 is 0. The van der Waals surface area contributed by atoms with Crippen LogP contribution in [0.1, 0.15) is 39.0 Å². The molecule has 2 heteroatoms. The molecule has 0 heterocycles. The zero-order valence-corrected chi connectivity index (χ0v) is 8.05. The van der Waals surface area contributed by atoms with Gasteiger partial charge in [-0.3, -0.25) is 0 Å². The number of aliphatic carboxylic acids is 1. The molecule has 1 N–H and O–H groups in total. The molecule has 0 aliphatic heterocycles. The summed E-state index contributed by atoms with van der Waals surface area (Å²) in [6, 6.07) is 0. The van der Waals surface area contributed by atoms with Gasteiger partial charge >= 0.3 is 5.97 Å². The normalized spacial score (nSPS) is 27.5. The highest BCUT2D eigenvalue weighted by atomic mass is 16.4. The van der Waals surface area contributed by atoms with Gasteiger partial charge in [0.2, 0.25) is 0 Å². The predicted molar refractivity (Wildman–Crippen MR) is 51.2 cm³/mol. The first-order chi connectivity index (χ1) is 6.18. The molecule has 1 saturated carbocycles. The van der Waals surface area contributed by atoms with Crippen LogP contribution in [0, 0.1) is 23.7 Å². The molecule has 0 aromatic carbocycles. The lowest BCUT2D eigenvalue weighted by molar-refractivity contribution is -0.130. The van der Waals surface area contributed by atoms with Crippen molar-refractivity contribution in [2.24, 2.45) is 11.8 Å². The van der Waals surface area contributed by atoms with Gasteiger partial charge in [0.1, 0.15) is 0 Å². The Bertz CT molecular complexity index is 234. The maximum Gasteiger partial charge on any atom is 0.381 e. The average molecular weight is 180 g/mol. The Labute approximate surface area is 79.3 Å². The Kier molecular flexibility index (Phi) is 3.82. The summed E-state index contributed by atoms with van der Waals surface area (Å²) in [7, 11) is 0. The average Bonchev–Trinajstić information content (AvgIpc) is 2.03. The van der Waals surface area contributed by atoms with E-state index in [1.165, 1.54) is 25.7 Å². The Morgan fingerprint density at radius 2 is 2.31 bits per heavy atom. The second-order valence-corrected chi connectivity index (χ2v) is 3.95. The van der Waals surface area contributed by atoms with E-state index in [-0.39, 0.29) is 0 Å². The first kappa shape index (κ1) is 10.1. The van der Waals surface area contributed by atoms with Gasteiger partial charge in [-0.05, 0) is 24.7 Å². The summed E-state index contributed by atoms with van der Waals surface area (Å²) in [4.78, 5) is 10.1. The highest BCUT2D eigenvalue weighted by molar-refractivity contribution is 5.86. The fourth-order valence-electron chi connectivity index (χ4n) is 2.02. The largest absolute Gasteiger partial charge is 0.472 e. The van der Waals surface area contributed by atoms with Crippen molar-refractivity contribution in [2.45, 2.75) is 39.0 Å². The lowest BCUT2D eigenvalue weighted by Gasteiger charge is -2.24. The Balaban J connectivity index is 2.29. The van der Waals surface area contributed by atoms with E-state index in [1.807, 2.05) is 0 Å². The monoisotopic (exact) mass is 180 g/mol. The quantitative estimate of drug-likeness (QED) is 0.628. The Hall–Kier alpha value is -0.970. The van der Waals surface area contributed by atoms with Gasteiger partial charge in [0, 0.05) is 12.3 Å². The van der Waals surface area contributed by atoms with E-state index in [1.54, 1.807) is 0 Å². The predicted octanol–water partition coefficient (Wildman–Crippen LogP) is 2.29. The standard InChI is InChI=1S/C11H16O2/c1-9-4-2-5-10(8-9)6-3-7-11(12)13/h9-10H,2,4-6,8H2,1H3,(H,12,13). The fourth-order valence-corrected chi connectivity index (χ4v) is 2.02. The topological polar surface area (TPSA) is 37.3 Å². The van der Waals surface area contributed by atoms with Gasteiger partial charge in [0.05, 0.1) is 0 Å². The first-order valence-electron chi connectivity index (χ1n) is 4.90. The molecule has 2 unspecified atom stereocenters. The molecule has 1 fully saturated rings. The molecule has 72 valence electrons. The molecule has 1 aliphatic rings. The maximum atomic E-state index is 10.1. The summed E-state index contributed by atoms with van der Waals surface area (Å²) in [6.07, 6.45) is 5.80. The van der Waals surface area contributed by atoms with Crippen molar-refractivity contribution < 1.29 is 9.90 Å². The van der Waals surface area contributed by atoms with Crippen molar-refractivity contribution in [1.82, 2.24) is 0 Å². The van der Waals surface area contributed by atoms with Crippen LogP contribution in [-0.2, 0) is 4.79 Å². The van der Waals surface area contributed by atoms with Gasteiger partial charge in [0.25, 0.3) is 0 Å². The molecule has 2 nitrogen and oxygen atoms in total. The lowest BCUT2D eigenvalue weighted by atomic mass is 9.81. The number of carboxylic acid groups (broad SMARTS) is 1. The summed E-state index contributed by atoms with van der Waals surface area (Å²) in [5, 5.41) is 8.32. The van der Waals surface area contributed by atoms with E-state index in [0.29, 0.717) is 5.92 Å². The summed E-state index contributed by atoms with van der Waals surface area (Å²) in [5.41, 5.74) is 0. The molecule has 0 amide bonds. The molecule has 0 bridgehead atoms. The molecule has 13 heavy (non-hydrogen) atoms. The number of rotatable bonds is 1. The van der Waals surface area contributed by atoms with Gasteiger partial charge in [0.15, 0.2) is 0 Å².